The van der Waals surface area contributed by atoms with Gasteiger partial charge in [0, 0.05) is 12.5 Å². The van der Waals surface area contributed by atoms with Crippen molar-refractivity contribution >= 4 is 0 Å². The van der Waals surface area contributed by atoms with E-state index in [2.05, 4.69) is 25.2 Å². The molecule has 0 aliphatic rings. The average Bonchev–Trinajstić information content (AvgIpc) is 2.72. The third kappa shape index (κ3) is 3.77. The summed E-state index contributed by atoms with van der Waals surface area (Å²) in [5.41, 5.74) is 0. The molecule has 0 fully saturated rings. The van der Waals surface area contributed by atoms with Crippen LogP contribution in [0.4, 0.5) is 0 Å². The predicted octanol–water partition coefficient (Wildman–Crippen LogP) is 2.62. The Kier molecular flexibility index (Phi) is 4.92. The van der Waals surface area contributed by atoms with Gasteiger partial charge in [-0.2, -0.15) is 5.26 Å². The first-order chi connectivity index (χ1) is 7.30. The normalized spacial score (nSPS) is 12.3. The maximum atomic E-state index is 8.59. The second-order valence-electron chi connectivity index (χ2n) is 3.57. The highest BCUT2D eigenvalue weighted by molar-refractivity contribution is 5.06. The second-order valence-corrected chi connectivity index (χ2v) is 3.57. The Bertz CT molecular complexity index is 325. The molecule has 0 saturated carbocycles. The number of furan rings is 1. The molecule has 1 heterocycles. The van der Waals surface area contributed by atoms with Crippen LogP contribution in [0.1, 0.15) is 38.2 Å². The maximum absolute atomic E-state index is 8.59. The average molecular weight is 206 g/mol. The van der Waals surface area contributed by atoms with Crippen molar-refractivity contribution < 1.29 is 4.42 Å². The summed E-state index contributed by atoms with van der Waals surface area (Å²) in [5.74, 6) is 1.96. The number of nitriles is 1. The molecule has 0 bridgehead atoms. The Balaban J connectivity index is 2.38. The number of nitrogens with zero attached hydrogens (tertiary/aromatic N) is 1. The molecule has 15 heavy (non-hydrogen) atoms. The molecular formula is C12H18N2O. The van der Waals surface area contributed by atoms with E-state index >= 15 is 0 Å². The molecule has 1 N–H and O–H groups in total. The van der Waals surface area contributed by atoms with Gasteiger partial charge in [-0.15, -0.1) is 0 Å². The topological polar surface area (TPSA) is 49.0 Å². The fourth-order valence-electron chi connectivity index (χ4n) is 1.42. The number of hydrogen-bond acceptors (Lipinski definition) is 3. The zero-order chi connectivity index (χ0) is 11.1. The van der Waals surface area contributed by atoms with Crippen LogP contribution in [0, 0.1) is 11.3 Å². The van der Waals surface area contributed by atoms with Crippen LogP contribution < -0.4 is 5.32 Å². The van der Waals surface area contributed by atoms with Crippen LogP contribution in [-0.4, -0.2) is 6.04 Å². The van der Waals surface area contributed by atoms with E-state index in [9.17, 15) is 0 Å². The summed E-state index contributed by atoms with van der Waals surface area (Å²) in [4.78, 5) is 0. The standard InChI is InChI=1S/C12H18N2O/c1-3-10(7-8-13)14-9-12-6-5-11(4-2)15-12/h5-6,10,14H,3-4,7,9H2,1-2H3. The lowest BCUT2D eigenvalue weighted by atomic mass is 10.1. The van der Waals surface area contributed by atoms with E-state index in [1.54, 1.807) is 0 Å². The van der Waals surface area contributed by atoms with Crippen LogP contribution >= 0.6 is 0 Å². The van der Waals surface area contributed by atoms with Gasteiger partial charge in [0.25, 0.3) is 0 Å². The summed E-state index contributed by atoms with van der Waals surface area (Å²) in [6, 6.07) is 6.44. The van der Waals surface area contributed by atoms with E-state index in [0.29, 0.717) is 13.0 Å². The Morgan fingerprint density at radius 3 is 2.67 bits per heavy atom. The van der Waals surface area contributed by atoms with Crippen LogP contribution in [0.5, 0.6) is 0 Å². The monoisotopic (exact) mass is 206 g/mol. The van der Waals surface area contributed by atoms with Crippen LogP contribution in [0.15, 0.2) is 16.5 Å². The van der Waals surface area contributed by atoms with Gasteiger partial charge in [0.1, 0.15) is 11.5 Å². The van der Waals surface area contributed by atoms with Gasteiger partial charge in [0.2, 0.25) is 0 Å². The van der Waals surface area contributed by atoms with E-state index < -0.39 is 0 Å². The van der Waals surface area contributed by atoms with Crippen molar-refractivity contribution in [3.63, 3.8) is 0 Å². The van der Waals surface area contributed by atoms with Gasteiger partial charge in [-0.3, -0.25) is 0 Å². The summed E-state index contributed by atoms with van der Waals surface area (Å²) in [7, 11) is 0. The molecule has 1 aromatic heterocycles. The minimum absolute atomic E-state index is 0.269. The first-order valence-corrected chi connectivity index (χ1v) is 5.48. The van der Waals surface area contributed by atoms with Crippen molar-refractivity contribution in [2.24, 2.45) is 0 Å². The van der Waals surface area contributed by atoms with Crippen molar-refractivity contribution in [3.05, 3.63) is 23.7 Å². The molecule has 82 valence electrons. The third-order valence-electron chi connectivity index (χ3n) is 2.46. The largest absolute Gasteiger partial charge is 0.465 e. The molecule has 1 unspecified atom stereocenters. The SMILES string of the molecule is CCc1ccc(CNC(CC)CC#N)o1. The van der Waals surface area contributed by atoms with Crippen molar-refractivity contribution in [2.75, 3.05) is 0 Å². The Morgan fingerprint density at radius 1 is 1.40 bits per heavy atom. The number of hydrogen-bond donors (Lipinski definition) is 1. The van der Waals surface area contributed by atoms with Crippen molar-refractivity contribution in [2.45, 2.75) is 45.7 Å². The maximum Gasteiger partial charge on any atom is 0.117 e. The van der Waals surface area contributed by atoms with E-state index in [1.165, 1.54) is 0 Å². The molecule has 1 atom stereocenters. The lowest BCUT2D eigenvalue weighted by Gasteiger charge is -2.11. The minimum Gasteiger partial charge on any atom is -0.465 e. The van der Waals surface area contributed by atoms with Gasteiger partial charge >= 0.3 is 0 Å². The van der Waals surface area contributed by atoms with Gasteiger partial charge in [-0.25, -0.2) is 0 Å². The van der Waals surface area contributed by atoms with Gasteiger partial charge in [0.05, 0.1) is 19.0 Å². The lowest BCUT2D eigenvalue weighted by Crippen LogP contribution is -2.27. The van der Waals surface area contributed by atoms with E-state index in [1.807, 2.05) is 12.1 Å². The van der Waals surface area contributed by atoms with Gasteiger partial charge in [-0.05, 0) is 18.6 Å². The number of nitrogens with one attached hydrogen (secondary N) is 1. The first kappa shape index (κ1) is 11.8. The number of rotatable bonds is 6. The summed E-state index contributed by atoms with van der Waals surface area (Å²) in [6.07, 6.45) is 2.45. The lowest BCUT2D eigenvalue weighted by molar-refractivity contribution is 0.420. The van der Waals surface area contributed by atoms with Crippen LogP contribution in [-0.2, 0) is 13.0 Å². The van der Waals surface area contributed by atoms with E-state index in [4.69, 9.17) is 9.68 Å². The summed E-state index contributed by atoms with van der Waals surface area (Å²) < 4.78 is 5.56. The Morgan fingerprint density at radius 2 is 2.13 bits per heavy atom. The molecule has 1 aromatic rings. The molecule has 0 aromatic carbocycles. The van der Waals surface area contributed by atoms with Gasteiger partial charge in [-0.1, -0.05) is 13.8 Å². The molecule has 1 rings (SSSR count). The highest BCUT2D eigenvalue weighted by atomic mass is 16.3. The predicted molar refractivity (Wildman–Crippen MR) is 59.2 cm³/mol. The molecule has 3 heteroatoms. The molecule has 0 aliphatic carbocycles. The minimum atomic E-state index is 0.269. The highest BCUT2D eigenvalue weighted by Gasteiger charge is 2.06. The zero-order valence-electron chi connectivity index (χ0n) is 9.42. The Labute approximate surface area is 91.1 Å². The second kappa shape index (κ2) is 6.26. The third-order valence-corrected chi connectivity index (χ3v) is 2.46. The van der Waals surface area contributed by atoms with E-state index in [-0.39, 0.29) is 6.04 Å². The quantitative estimate of drug-likeness (QED) is 0.778. The molecule has 0 radical (unpaired) electrons. The smallest absolute Gasteiger partial charge is 0.117 e. The highest BCUT2D eigenvalue weighted by Crippen LogP contribution is 2.08. The van der Waals surface area contributed by atoms with Crippen LogP contribution in [0.2, 0.25) is 0 Å². The van der Waals surface area contributed by atoms with Crippen molar-refractivity contribution in [3.8, 4) is 6.07 Å². The molecule has 0 aliphatic heterocycles. The molecule has 3 nitrogen and oxygen atoms in total. The van der Waals surface area contributed by atoms with Crippen molar-refractivity contribution in [1.82, 2.24) is 5.32 Å². The zero-order valence-corrected chi connectivity index (χ0v) is 9.42. The summed E-state index contributed by atoms with van der Waals surface area (Å²) >= 11 is 0. The molecule has 0 spiro atoms. The number of aryl methyl sites for hydroxylation is 1. The molecular weight excluding hydrogens is 188 g/mol. The first-order valence-electron chi connectivity index (χ1n) is 5.48. The summed E-state index contributed by atoms with van der Waals surface area (Å²) in [5, 5.41) is 11.9. The molecule has 0 saturated heterocycles. The molecule has 0 amide bonds. The van der Waals surface area contributed by atoms with E-state index in [0.717, 1.165) is 24.4 Å². The fourth-order valence-corrected chi connectivity index (χ4v) is 1.42. The Hall–Kier alpha value is -1.27. The van der Waals surface area contributed by atoms with Gasteiger partial charge in [0.15, 0.2) is 0 Å². The van der Waals surface area contributed by atoms with Crippen molar-refractivity contribution in [1.29, 1.82) is 5.26 Å². The van der Waals surface area contributed by atoms with Crippen LogP contribution in [0.3, 0.4) is 0 Å². The van der Waals surface area contributed by atoms with Crippen LogP contribution in [0.25, 0.3) is 0 Å². The summed E-state index contributed by atoms with van der Waals surface area (Å²) in [6.45, 7) is 4.86. The van der Waals surface area contributed by atoms with Gasteiger partial charge < -0.3 is 9.73 Å². The fraction of sp³-hybridized carbons (Fsp3) is 0.583.